The number of carbonyl (C=O) groups excluding carboxylic acids is 3. The molecular weight excluding hydrogens is 318 g/mol. The number of nitrogens with two attached hydrogens (primary N) is 1. The Morgan fingerprint density at radius 1 is 1.13 bits per heavy atom. The molecule has 7 heteroatoms. The number of halogens is 1. The number of nitrogens with one attached hydrogen (secondary N) is 1. The summed E-state index contributed by atoms with van der Waals surface area (Å²) in [5.74, 6) is -1.26. The standard InChI is InChI=1S/C16H19N3O3.ClH/c17-12-7-3-4-8-13(12)18-14(20)9-19-15(21)10-5-1-2-6-11(10)16(19)22;/h3-4,7-8,10-11H,1-2,5-6,9,17H2,(H,18,20);1H. The van der Waals surface area contributed by atoms with E-state index >= 15 is 0 Å². The number of carbonyl (C=O) groups is 3. The van der Waals surface area contributed by atoms with Gasteiger partial charge in [-0.1, -0.05) is 25.0 Å². The van der Waals surface area contributed by atoms with Gasteiger partial charge < -0.3 is 11.1 Å². The molecule has 3 N–H and O–H groups in total. The number of rotatable bonds is 3. The van der Waals surface area contributed by atoms with Crippen molar-refractivity contribution >= 4 is 41.5 Å². The fourth-order valence-corrected chi connectivity index (χ4v) is 3.33. The van der Waals surface area contributed by atoms with E-state index in [4.69, 9.17) is 5.73 Å². The van der Waals surface area contributed by atoms with Crippen molar-refractivity contribution in [3.05, 3.63) is 24.3 Å². The summed E-state index contributed by atoms with van der Waals surface area (Å²) in [4.78, 5) is 37.8. The normalized spacial score (nSPS) is 23.2. The molecule has 2 aliphatic rings. The van der Waals surface area contributed by atoms with Crippen LogP contribution in [0.4, 0.5) is 11.4 Å². The van der Waals surface area contributed by atoms with Crippen LogP contribution in [0.3, 0.4) is 0 Å². The average Bonchev–Trinajstić information content (AvgIpc) is 2.75. The Morgan fingerprint density at radius 2 is 1.70 bits per heavy atom. The molecule has 2 atom stereocenters. The van der Waals surface area contributed by atoms with E-state index in [1.807, 2.05) is 0 Å². The molecular formula is C16H20ClN3O3. The Kier molecular flexibility index (Phi) is 5.26. The third kappa shape index (κ3) is 3.32. The summed E-state index contributed by atoms with van der Waals surface area (Å²) in [6, 6.07) is 6.88. The first kappa shape index (κ1) is 17.3. The first-order valence-corrected chi connectivity index (χ1v) is 7.57. The Balaban J connectivity index is 0.00000192. The van der Waals surface area contributed by atoms with E-state index in [1.54, 1.807) is 24.3 Å². The van der Waals surface area contributed by atoms with Gasteiger partial charge in [-0.25, -0.2) is 0 Å². The number of para-hydroxylation sites is 2. The van der Waals surface area contributed by atoms with Gasteiger partial charge in [-0.2, -0.15) is 0 Å². The minimum Gasteiger partial charge on any atom is -0.397 e. The Hall–Kier alpha value is -2.08. The van der Waals surface area contributed by atoms with Gasteiger partial charge in [0.1, 0.15) is 6.54 Å². The van der Waals surface area contributed by atoms with Crippen LogP contribution in [0, 0.1) is 11.8 Å². The molecule has 1 aliphatic heterocycles. The number of benzene rings is 1. The molecule has 124 valence electrons. The Morgan fingerprint density at radius 3 is 2.26 bits per heavy atom. The first-order chi connectivity index (χ1) is 10.6. The number of amides is 3. The van der Waals surface area contributed by atoms with Crippen LogP contribution in [0.1, 0.15) is 25.7 Å². The number of anilines is 2. The fourth-order valence-electron chi connectivity index (χ4n) is 3.33. The van der Waals surface area contributed by atoms with Gasteiger partial charge in [0.25, 0.3) is 0 Å². The van der Waals surface area contributed by atoms with E-state index in [9.17, 15) is 14.4 Å². The molecule has 0 spiro atoms. The zero-order chi connectivity index (χ0) is 15.7. The van der Waals surface area contributed by atoms with Crippen LogP contribution in [0.2, 0.25) is 0 Å². The fraction of sp³-hybridized carbons (Fsp3) is 0.438. The third-order valence-electron chi connectivity index (χ3n) is 4.47. The van der Waals surface area contributed by atoms with Gasteiger partial charge in [0.15, 0.2) is 0 Å². The zero-order valence-corrected chi connectivity index (χ0v) is 13.5. The number of fused-ring (bicyclic) bond motifs is 1. The smallest absolute Gasteiger partial charge is 0.244 e. The molecule has 23 heavy (non-hydrogen) atoms. The zero-order valence-electron chi connectivity index (χ0n) is 12.7. The largest absolute Gasteiger partial charge is 0.397 e. The molecule has 3 rings (SSSR count). The monoisotopic (exact) mass is 337 g/mol. The first-order valence-electron chi connectivity index (χ1n) is 7.57. The lowest BCUT2D eigenvalue weighted by Gasteiger charge is -2.19. The van der Waals surface area contributed by atoms with Gasteiger partial charge in [-0.05, 0) is 25.0 Å². The molecule has 1 saturated heterocycles. The van der Waals surface area contributed by atoms with Crippen LogP contribution in [0.5, 0.6) is 0 Å². The van der Waals surface area contributed by atoms with Gasteiger partial charge in [0.05, 0.1) is 23.2 Å². The van der Waals surface area contributed by atoms with Crippen molar-refractivity contribution < 1.29 is 14.4 Å². The Labute approximate surface area is 140 Å². The minimum absolute atomic E-state index is 0. The molecule has 2 fully saturated rings. The number of imide groups is 1. The molecule has 3 amide bonds. The van der Waals surface area contributed by atoms with Crippen LogP contribution in [0.25, 0.3) is 0 Å². The highest BCUT2D eigenvalue weighted by atomic mass is 35.5. The molecule has 2 unspecified atom stereocenters. The molecule has 1 aromatic carbocycles. The number of hydrogen-bond donors (Lipinski definition) is 2. The quantitative estimate of drug-likeness (QED) is 0.649. The summed E-state index contributed by atoms with van der Waals surface area (Å²) < 4.78 is 0. The maximum absolute atomic E-state index is 12.3. The number of nitrogen functional groups attached to an aromatic ring is 1. The van der Waals surface area contributed by atoms with Crippen molar-refractivity contribution in [3.63, 3.8) is 0 Å². The van der Waals surface area contributed by atoms with Crippen molar-refractivity contribution in [1.82, 2.24) is 4.90 Å². The van der Waals surface area contributed by atoms with E-state index in [1.165, 1.54) is 0 Å². The summed E-state index contributed by atoms with van der Waals surface area (Å²) >= 11 is 0. The van der Waals surface area contributed by atoms with E-state index < -0.39 is 5.91 Å². The molecule has 1 saturated carbocycles. The van der Waals surface area contributed by atoms with E-state index in [-0.39, 0.29) is 42.6 Å². The summed E-state index contributed by atoms with van der Waals surface area (Å²) in [6.45, 7) is -0.237. The SMILES string of the molecule is Cl.Nc1ccccc1NC(=O)CN1C(=O)C2CCCCC2C1=O. The summed E-state index contributed by atoms with van der Waals surface area (Å²) in [5.41, 5.74) is 6.70. The molecule has 0 aromatic heterocycles. The third-order valence-corrected chi connectivity index (χ3v) is 4.47. The predicted molar refractivity (Wildman–Crippen MR) is 88.9 cm³/mol. The minimum atomic E-state index is -0.404. The lowest BCUT2D eigenvalue weighted by molar-refractivity contribution is -0.142. The highest BCUT2D eigenvalue weighted by Gasteiger charge is 2.48. The lowest BCUT2D eigenvalue weighted by Crippen LogP contribution is -2.38. The molecule has 0 radical (unpaired) electrons. The number of nitrogens with zero attached hydrogens (tertiary/aromatic N) is 1. The van der Waals surface area contributed by atoms with Gasteiger partial charge in [0, 0.05) is 0 Å². The summed E-state index contributed by atoms with van der Waals surface area (Å²) in [6.07, 6.45) is 3.44. The van der Waals surface area contributed by atoms with Crippen LogP contribution in [-0.4, -0.2) is 29.2 Å². The number of likely N-dealkylation sites (tertiary alicyclic amines) is 1. The maximum Gasteiger partial charge on any atom is 0.244 e. The molecule has 1 aliphatic carbocycles. The molecule has 6 nitrogen and oxygen atoms in total. The van der Waals surface area contributed by atoms with Crippen molar-refractivity contribution in [2.75, 3.05) is 17.6 Å². The average molecular weight is 338 g/mol. The van der Waals surface area contributed by atoms with Gasteiger partial charge >= 0.3 is 0 Å². The maximum atomic E-state index is 12.3. The predicted octanol–water partition coefficient (Wildman–Crippen LogP) is 1.80. The second kappa shape index (κ2) is 7.00. The topological polar surface area (TPSA) is 92.5 Å². The van der Waals surface area contributed by atoms with Crippen LogP contribution in [0.15, 0.2) is 24.3 Å². The van der Waals surface area contributed by atoms with E-state index in [0.717, 1.165) is 30.6 Å². The highest BCUT2D eigenvalue weighted by Crippen LogP contribution is 2.37. The van der Waals surface area contributed by atoms with Gasteiger partial charge in [-0.3, -0.25) is 19.3 Å². The lowest BCUT2D eigenvalue weighted by atomic mass is 9.81. The summed E-state index contributed by atoms with van der Waals surface area (Å²) in [7, 11) is 0. The van der Waals surface area contributed by atoms with Gasteiger partial charge in [0.2, 0.25) is 17.7 Å². The molecule has 1 heterocycles. The van der Waals surface area contributed by atoms with Crippen molar-refractivity contribution in [2.24, 2.45) is 11.8 Å². The van der Waals surface area contributed by atoms with Crippen molar-refractivity contribution in [2.45, 2.75) is 25.7 Å². The molecule has 1 aromatic rings. The van der Waals surface area contributed by atoms with E-state index in [0.29, 0.717) is 11.4 Å². The van der Waals surface area contributed by atoms with Crippen molar-refractivity contribution in [1.29, 1.82) is 0 Å². The van der Waals surface area contributed by atoms with E-state index in [2.05, 4.69) is 5.32 Å². The second-order valence-electron chi connectivity index (χ2n) is 5.90. The highest BCUT2D eigenvalue weighted by molar-refractivity contribution is 6.09. The van der Waals surface area contributed by atoms with Crippen LogP contribution < -0.4 is 11.1 Å². The van der Waals surface area contributed by atoms with Crippen LogP contribution >= 0.6 is 12.4 Å². The summed E-state index contributed by atoms with van der Waals surface area (Å²) in [5, 5.41) is 2.65. The van der Waals surface area contributed by atoms with Crippen molar-refractivity contribution in [3.8, 4) is 0 Å². The van der Waals surface area contributed by atoms with Crippen LogP contribution in [-0.2, 0) is 14.4 Å². The van der Waals surface area contributed by atoms with Gasteiger partial charge in [-0.15, -0.1) is 12.4 Å². The molecule has 0 bridgehead atoms. The Bertz CT molecular complexity index is 611. The second-order valence-corrected chi connectivity index (χ2v) is 5.90. The number of hydrogen-bond acceptors (Lipinski definition) is 4.